The van der Waals surface area contributed by atoms with E-state index in [1.165, 1.54) is 12.3 Å². The van der Waals surface area contributed by atoms with E-state index < -0.39 is 18.8 Å². The van der Waals surface area contributed by atoms with Crippen molar-refractivity contribution in [3.05, 3.63) is 12.3 Å². The van der Waals surface area contributed by atoms with Crippen LogP contribution in [-0.4, -0.2) is 38.6 Å². The largest absolute Gasteiger partial charge is 0.508 e. The lowest BCUT2D eigenvalue weighted by Gasteiger charge is -2.19. The third-order valence-electron chi connectivity index (χ3n) is 1.50. The van der Waals surface area contributed by atoms with Crippen molar-refractivity contribution in [1.82, 2.24) is 9.78 Å². The molecule has 0 unspecified atom stereocenters. The maximum atomic E-state index is 11.5. The Labute approximate surface area is 87.6 Å². The van der Waals surface area contributed by atoms with Gasteiger partial charge in [-0.1, -0.05) is 0 Å². The van der Waals surface area contributed by atoms with Crippen LogP contribution in [0.4, 0.5) is 4.79 Å². The Kier molecular flexibility index (Phi) is 3.16. The van der Waals surface area contributed by atoms with Crippen LogP contribution in [0.15, 0.2) is 12.3 Å². The highest BCUT2D eigenvalue weighted by atomic mass is 16.6. The van der Waals surface area contributed by atoms with Crippen molar-refractivity contribution in [3.8, 4) is 0 Å². The minimum atomic E-state index is -1.75. The Hall–Kier alpha value is -1.34. The molecule has 0 aromatic carbocycles. The summed E-state index contributed by atoms with van der Waals surface area (Å²) in [5, 5.41) is 21.5. The van der Waals surface area contributed by atoms with E-state index in [1.807, 2.05) is 0 Å². The summed E-state index contributed by atoms with van der Waals surface area (Å²) in [5.74, 6) is 0. The van der Waals surface area contributed by atoms with Crippen LogP contribution in [0.5, 0.6) is 0 Å². The van der Waals surface area contributed by atoms with Crippen LogP contribution < -0.4 is 5.59 Å². The quantitative estimate of drug-likeness (QED) is 0.604. The number of rotatable bonds is 1. The van der Waals surface area contributed by atoms with Gasteiger partial charge in [0.1, 0.15) is 5.60 Å². The summed E-state index contributed by atoms with van der Waals surface area (Å²) < 4.78 is 5.83. The molecule has 0 fully saturated rings. The number of hydrogen-bond acceptors (Lipinski definition) is 5. The van der Waals surface area contributed by atoms with E-state index in [4.69, 9.17) is 14.8 Å². The van der Waals surface area contributed by atoms with Gasteiger partial charge in [0.25, 0.3) is 0 Å². The van der Waals surface area contributed by atoms with Crippen molar-refractivity contribution in [3.63, 3.8) is 0 Å². The number of ether oxygens (including phenoxy) is 1. The zero-order chi connectivity index (χ0) is 11.6. The molecule has 2 N–H and O–H groups in total. The number of carbonyl (C=O) groups excluding carboxylic acids is 1. The second-order valence-corrected chi connectivity index (χ2v) is 4.02. The summed E-state index contributed by atoms with van der Waals surface area (Å²) in [6.45, 7) is 5.14. The molecule has 6 nitrogen and oxygen atoms in total. The molecule has 1 aromatic heterocycles. The first-order valence-corrected chi connectivity index (χ1v) is 4.44. The topological polar surface area (TPSA) is 84.6 Å². The van der Waals surface area contributed by atoms with Gasteiger partial charge in [0.15, 0.2) is 0 Å². The summed E-state index contributed by atoms with van der Waals surface area (Å²) in [4.78, 5) is 11.5. The lowest BCUT2D eigenvalue weighted by molar-refractivity contribution is 0.0518. The molecule has 0 amide bonds. The molecule has 0 aliphatic carbocycles. The van der Waals surface area contributed by atoms with E-state index in [9.17, 15) is 4.79 Å². The average molecular weight is 212 g/mol. The molecule has 7 heteroatoms. The van der Waals surface area contributed by atoms with E-state index in [-0.39, 0.29) is 5.59 Å². The van der Waals surface area contributed by atoms with Gasteiger partial charge in [-0.3, -0.25) is 0 Å². The third kappa shape index (κ3) is 3.07. The average Bonchev–Trinajstić information content (AvgIpc) is 2.47. The smallest absolute Gasteiger partial charge is 0.442 e. The summed E-state index contributed by atoms with van der Waals surface area (Å²) in [5.41, 5.74) is -0.676. The molecule has 0 aliphatic heterocycles. The molecule has 15 heavy (non-hydrogen) atoms. The zero-order valence-corrected chi connectivity index (χ0v) is 8.84. The highest BCUT2D eigenvalue weighted by molar-refractivity contribution is 6.58. The maximum absolute atomic E-state index is 11.5. The van der Waals surface area contributed by atoms with Crippen LogP contribution >= 0.6 is 0 Å². The number of aromatic nitrogens is 2. The molecule has 82 valence electrons. The van der Waals surface area contributed by atoms with Crippen molar-refractivity contribution in [1.29, 1.82) is 0 Å². The van der Waals surface area contributed by atoms with Gasteiger partial charge in [-0.15, -0.1) is 0 Å². The minimum Gasteiger partial charge on any atom is -0.442 e. The summed E-state index contributed by atoms with van der Waals surface area (Å²) in [6, 6.07) is 1.33. The summed E-state index contributed by atoms with van der Waals surface area (Å²) >= 11 is 0. The van der Waals surface area contributed by atoms with E-state index in [0.29, 0.717) is 0 Å². The van der Waals surface area contributed by atoms with Gasteiger partial charge in [0.2, 0.25) is 0 Å². The number of nitrogens with zero attached hydrogens (tertiary/aromatic N) is 2. The van der Waals surface area contributed by atoms with Crippen molar-refractivity contribution < 1.29 is 19.6 Å². The van der Waals surface area contributed by atoms with Gasteiger partial charge in [0.05, 0.1) is 5.59 Å². The second-order valence-electron chi connectivity index (χ2n) is 4.02. The zero-order valence-electron chi connectivity index (χ0n) is 8.84. The second kappa shape index (κ2) is 4.04. The predicted molar refractivity (Wildman–Crippen MR) is 53.7 cm³/mol. The molecule has 0 radical (unpaired) electrons. The van der Waals surface area contributed by atoms with Crippen molar-refractivity contribution >= 4 is 18.8 Å². The molecule has 0 bridgehead atoms. The first-order chi connectivity index (χ1) is 6.81. The first-order valence-electron chi connectivity index (χ1n) is 4.44. The maximum Gasteiger partial charge on any atom is 0.508 e. The van der Waals surface area contributed by atoms with E-state index in [1.54, 1.807) is 20.8 Å². The fraction of sp³-hybridized carbons (Fsp3) is 0.500. The van der Waals surface area contributed by atoms with Gasteiger partial charge in [-0.25, -0.2) is 4.79 Å². The monoisotopic (exact) mass is 212 g/mol. The van der Waals surface area contributed by atoms with Gasteiger partial charge in [0, 0.05) is 6.20 Å². The summed E-state index contributed by atoms with van der Waals surface area (Å²) in [7, 11) is -1.75. The van der Waals surface area contributed by atoms with Gasteiger partial charge < -0.3 is 14.8 Å². The Morgan fingerprint density at radius 1 is 1.53 bits per heavy atom. The van der Waals surface area contributed by atoms with Gasteiger partial charge in [-0.05, 0) is 26.8 Å². The predicted octanol–water partition coefficient (Wildman–Crippen LogP) is -0.654. The molecule has 0 spiro atoms. The van der Waals surface area contributed by atoms with Crippen molar-refractivity contribution in [2.75, 3.05) is 0 Å². The fourth-order valence-corrected chi connectivity index (χ4v) is 0.967. The highest BCUT2D eigenvalue weighted by Crippen LogP contribution is 2.07. The molecule has 0 saturated carbocycles. The molecule has 1 rings (SSSR count). The normalized spacial score (nSPS) is 11.3. The Morgan fingerprint density at radius 2 is 2.13 bits per heavy atom. The van der Waals surface area contributed by atoms with Crippen LogP contribution in [0.1, 0.15) is 20.8 Å². The van der Waals surface area contributed by atoms with Crippen LogP contribution in [0.2, 0.25) is 0 Å². The molecule has 0 atom stereocenters. The SMILES string of the molecule is CC(C)(C)OC(=O)n1nccc1B(O)O. The standard InChI is InChI=1S/C8H13BN2O4/c1-8(2,3)15-7(12)11-6(9(13)14)4-5-10-11/h4-5,13-14H,1-3H3. The van der Waals surface area contributed by atoms with Gasteiger partial charge in [-0.2, -0.15) is 9.78 Å². The van der Waals surface area contributed by atoms with Crippen molar-refractivity contribution in [2.45, 2.75) is 26.4 Å². The highest BCUT2D eigenvalue weighted by Gasteiger charge is 2.24. The van der Waals surface area contributed by atoms with Crippen LogP contribution in [0.3, 0.4) is 0 Å². The van der Waals surface area contributed by atoms with E-state index in [2.05, 4.69) is 5.10 Å². The molecular weight excluding hydrogens is 199 g/mol. The molecule has 0 aliphatic rings. The summed E-state index contributed by atoms with van der Waals surface area (Å²) in [6.07, 6.45) is 0.550. The van der Waals surface area contributed by atoms with Crippen LogP contribution in [-0.2, 0) is 4.74 Å². The van der Waals surface area contributed by atoms with E-state index >= 15 is 0 Å². The third-order valence-corrected chi connectivity index (χ3v) is 1.50. The Bertz CT molecular complexity index is 356. The van der Waals surface area contributed by atoms with Gasteiger partial charge >= 0.3 is 13.2 Å². The Morgan fingerprint density at radius 3 is 2.60 bits per heavy atom. The minimum absolute atomic E-state index is 0.0238. The van der Waals surface area contributed by atoms with Crippen molar-refractivity contribution in [2.24, 2.45) is 0 Å². The van der Waals surface area contributed by atoms with Crippen LogP contribution in [0.25, 0.3) is 0 Å². The number of hydrogen-bond donors (Lipinski definition) is 2. The lowest BCUT2D eigenvalue weighted by Crippen LogP contribution is -2.41. The molecule has 0 saturated heterocycles. The molecular formula is C8H13BN2O4. The first kappa shape index (κ1) is 11.7. The molecule has 1 aromatic rings. The number of carbonyl (C=O) groups is 1. The lowest BCUT2D eigenvalue weighted by atomic mass is 9.86. The molecule has 1 heterocycles. The fourth-order valence-electron chi connectivity index (χ4n) is 0.967. The Balaban J connectivity index is 2.87. The van der Waals surface area contributed by atoms with E-state index in [0.717, 1.165) is 4.68 Å². The van der Waals surface area contributed by atoms with Crippen LogP contribution in [0, 0.1) is 0 Å².